The summed E-state index contributed by atoms with van der Waals surface area (Å²) in [7, 11) is 1.31. The first kappa shape index (κ1) is 17.7. The molecule has 128 valence electrons. The summed E-state index contributed by atoms with van der Waals surface area (Å²) < 4.78 is 10.2. The number of nitrogens with zero attached hydrogens (tertiary/aromatic N) is 2. The number of hydrogen-bond donors (Lipinski definition) is 0. The van der Waals surface area contributed by atoms with E-state index in [1.165, 1.54) is 18.4 Å². The van der Waals surface area contributed by atoms with Crippen LogP contribution in [-0.4, -0.2) is 30.0 Å². The van der Waals surface area contributed by atoms with E-state index in [2.05, 4.69) is 4.98 Å². The zero-order valence-electron chi connectivity index (χ0n) is 14.4. The van der Waals surface area contributed by atoms with E-state index in [4.69, 9.17) is 9.15 Å². The number of para-hydroxylation sites is 1. The second-order valence-corrected chi connectivity index (χ2v) is 5.68. The molecule has 0 aliphatic carbocycles. The van der Waals surface area contributed by atoms with E-state index < -0.39 is 12.0 Å². The molecule has 0 saturated carbocycles. The molecule has 0 unspecified atom stereocenters. The van der Waals surface area contributed by atoms with E-state index in [0.29, 0.717) is 17.9 Å². The Balaban J connectivity index is 2.51. The Morgan fingerprint density at radius 3 is 2.46 bits per heavy atom. The number of rotatable bonds is 6. The van der Waals surface area contributed by atoms with Crippen LogP contribution in [0.2, 0.25) is 0 Å². The molecule has 24 heavy (non-hydrogen) atoms. The van der Waals surface area contributed by atoms with Crippen molar-refractivity contribution in [3.8, 4) is 0 Å². The van der Waals surface area contributed by atoms with Crippen molar-refractivity contribution in [2.24, 2.45) is 0 Å². The van der Waals surface area contributed by atoms with Crippen LogP contribution in [-0.2, 0) is 9.53 Å². The van der Waals surface area contributed by atoms with Crippen molar-refractivity contribution in [1.29, 1.82) is 0 Å². The maximum absolute atomic E-state index is 13.1. The maximum atomic E-state index is 13.1. The van der Waals surface area contributed by atoms with Gasteiger partial charge in [-0.15, -0.1) is 0 Å². The number of amides is 1. The molecule has 0 spiro atoms. The molecule has 1 heterocycles. The maximum Gasteiger partial charge on any atom is 0.328 e. The number of hydrogen-bond acceptors (Lipinski definition) is 5. The van der Waals surface area contributed by atoms with E-state index in [-0.39, 0.29) is 17.5 Å². The number of carbonyl (C=O) groups excluding carboxylic acids is 2. The fourth-order valence-corrected chi connectivity index (χ4v) is 2.56. The molecular formula is C18H22N2O4. The fraction of sp³-hybridized carbons (Fsp3) is 0.389. The summed E-state index contributed by atoms with van der Waals surface area (Å²) in [5, 5.41) is 0. The van der Waals surface area contributed by atoms with Crippen molar-refractivity contribution in [2.45, 2.75) is 39.2 Å². The van der Waals surface area contributed by atoms with Crippen LogP contribution in [0.1, 0.15) is 49.4 Å². The van der Waals surface area contributed by atoms with Gasteiger partial charge < -0.3 is 9.15 Å². The van der Waals surface area contributed by atoms with Gasteiger partial charge in [0.1, 0.15) is 11.8 Å². The van der Waals surface area contributed by atoms with Crippen LogP contribution >= 0.6 is 0 Å². The number of benzene rings is 1. The number of carbonyl (C=O) groups is 2. The molecule has 0 aliphatic rings. The Kier molecular flexibility index (Phi) is 5.73. The summed E-state index contributed by atoms with van der Waals surface area (Å²) in [4.78, 5) is 30.8. The molecule has 2 rings (SSSR count). The molecule has 0 bridgehead atoms. The molecule has 1 amide bonds. The predicted molar refractivity (Wildman–Crippen MR) is 89.9 cm³/mol. The molecule has 0 fully saturated rings. The second kappa shape index (κ2) is 7.77. The van der Waals surface area contributed by atoms with Gasteiger partial charge >= 0.3 is 5.97 Å². The van der Waals surface area contributed by atoms with Gasteiger partial charge in [-0.1, -0.05) is 39.0 Å². The van der Waals surface area contributed by atoms with E-state index in [1.54, 1.807) is 12.1 Å². The monoisotopic (exact) mass is 330 g/mol. The van der Waals surface area contributed by atoms with Gasteiger partial charge in [0.15, 0.2) is 12.1 Å². The van der Waals surface area contributed by atoms with Crippen LogP contribution in [0.4, 0.5) is 5.69 Å². The quantitative estimate of drug-likeness (QED) is 0.759. The van der Waals surface area contributed by atoms with Crippen LogP contribution in [0, 0.1) is 0 Å². The molecule has 0 radical (unpaired) electrons. The average molecular weight is 330 g/mol. The van der Waals surface area contributed by atoms with Crippen molar-refractivity contribution in [3.63, 3.8) is 0 Å². The van der Waals surface area contributed by atoms with Crippen LogP contribution < -0.4 is 4.90 Å². The summed E-state index contributed by atoms with van der Waals surface area (Å²) in [5.41, 5.74) is 0.827. The minimum atomic E-state index is -0.735. The zero-order chi connectivity index (χ0) is 17.7. The Morgan fingerprint density at radius 1 is 1.25 bits per heavy atom. The van der Waals surface area contributed by atoms with Crippen LogP contribution in [0.15, 0.2) is 41.1 Å². The topological polar surface area (TPSA) is 72.6 Å². The van der Waals surface area contributed by atoms with Gasteiger partial charge in [0, 0.05) is 11.6 Å². The van der Waals surface area contributed by atoms with Gasteiger partial charge in [0.05, 0.1) is 7.11 Å². The number of aromatic nitrogens is 1. The minimum Gasteiger partial charge on any atom is -0.467 e. The van der Waals surface area contributed by atoms with Crippen molar-refractivity contribution in [3.05, 3.63) is 48.2 Å². The Morgan fingerprint density at radius 2 is 1.92 bits per heavy atom. The molecule has 6 heteroatoms. The Bertz CT molecular complexity index is 694. The minimum absolute atomic E-state index is 0.00211. The van der Waals surface area contributed by atoms with Crippen molar-refractivity contribution in [1.82, 2.24) is 4.98 Å². The molecule has 0 saturated heterocycles. The van der Waals surface area contributed by atoms with Gasteiger partial charge in [0.25, 0.3) is 5.91 Å². The van der Waals surface area contributed by atoms with Crippen LogP contribution in [0.25, 0.3) is 0 Å². The highest BCUT2D eigenvalue weighted by Gasteiger charge is 2.34. The lowest BCUT2D eigenvalue weighted by molar-refractivity contribution is -0.142. The average Bonchev–Trinajstić information content (AvgIpc) is 3.09. The van der Waals surface area contributed by atoms with E-state index >= 15 is 0 Å². The predicted octanol–water partition coefficient (Wildman–Crippen LogP) is 3.40. The molecular weight excluding hydrogens is 308 g/mol. The van der Waals surface area contributed by atoms with E-state index in [9.17, 15) is 9.59 Å². The lowest BCUT2D eigenvalue weighted by atomic mass is 10.1. The molecule has 6 nitrogen and oxygen atoms in total. The number of esters is 1. The largest absolute Gasteiger partial charge is 0.467 e. The summed E-state index contributed by atoms with van der Waals surface area (Å²) in [5.74, 6) is -0.344. The number of anilines is 1. The highest BCUT2D eigenvalue weighted by atomic mass is 16.5. The third-order valence-corrected chi connectivity index (χ3v) is 3.75. The summed E-state index contributed by atoms with van der Waals surface area (Å²) in [6.45, 7) is 5.67. The Labute approximate surface area is 141 Å². The SMILES string of the molecule is CC[C@@H](C(=O)OC)N(C(=O)c1ncoc1C(C)C)c1ccccc1. The molecule has 1 aromatic carbocycles. The molecule has 1 aromatic heterocycles. The summed E-state index contributed by atoms with van der Waals surface area (Å²) in [6, 6.07) is 8.29. The highest BCUT2D eigenvalue weighted by Crippen LogP contribution is 2.25. The summed E-state index contributed by atoms with van der Waals surface area (Å²) in [6.07, 6.45) is 1.67. The molecule has 2 aromatic rings. The second-order valence-electron chi connectivity index (χ2n) is 5.68. The van der Waals surface area contributed by atoms with Crippen LogP contribution in [0.3, 0.4) is 0 Å². The zero-order valence-corrected chi connectivity index (χ0v) is 14.4. The van der Waals surface area contributed by atoms with Gasteiger partial charge in [-0.3, -0.25) is 9.69 Å². The summed E-state index contributed by atoms with van der Waals surface area (Å²) >= 11 is 0. The highest BCUT2D eigenvalue weighted by molar-refractivity contribution is 6.08. The van der Waals surface area contributed by atoms with Gasteiger partial charge in [-0.2, -0.15) is 0 Å². The third-order valence-electron chi connectivity index (χ3n) is 3.75. The first-order valence-corrected chi connectivity index (χ1v) is 7.91. The fourth-order valence-electron chi connectivity index (χ4n) is 2.56. The lowest BCUT2D eigenvalue weighted by Gasteiger charge is -2.29. The van der Waals surface area contributed by atoms with E-state index in [1.807, 2.05) is 39.0 Å². The van der Waals surface area contributed by atoms with E-state index in [0.717, 1.165) is 0 Å². The standard InChI is InChI=1S/C18H22N2O4/c1-5-14(18(22)23-4)20(13-9-7-6-8-10-13)17(21)15-16(12(2)3)24-11-19-15/h6-12,14H,5H2,1-4H3/t14-/m0/s1. The number of oxazole rings is 1. The van der Waals surface area contributed by atoms with Crippen molar-refractivity contribution >= 4 is 17.6 Å². The van der Waals surface area contributed by atoms with Gasteiger partial charge in [0.2, 0.25) is 0 Å². The third kappa shape index (κ3) is 3.48. The van der Waals surface area contributed by atoms with Crippen molar-refractivity contribution < 1.29 is 18.7 Å². The normalized spacial score (nSPS) is 12.0. The smallest absolute Gasteiger partial charge is 0.328 e. The lowest BCUT2D eigenvalue weighted by Crippen LogP contribution is -2.46. The molecule has 0 N–H and O–H groups in total. The number of ether oxygens (including phenoxy) is 1. The molecule has 1 atom stereocenters. The van der Waals surface area contributed by atoms with Gasteiger partial charge in [-0.05, 0) is 18.6 Å². The van der Waals surface area contributed by atoms with Crippen molar-refractivity contribution in [2.75, 3.05) is 12.0 Å². The first-order valence-electron chi connectivity index (χ1n) is 7.91. The van der Waals surface area contributed by atoms with Gasteiger partial charge in [-0.25, -0.2) is 9.78 Å². The first-order chi connectivity index (χ1) is 11.5. The number of methoxy groups -OCH3 is 1. The molecule has 0 aliphatic heterocycles. The van der Waals surface area contributed by atoms with Crippen LogP contribution in [0.5, 0.6) is 0 Å². The Hall–Kier alpha value is -2.63.